The van der Waals surface area contributed by atoms with Gasteiger partial charge in [0.15, 0.2) is 0 Å². The fourth-order valence-electron chi connectivity index (χ4n) is 2.86. The van der Waals surface area contributed by atoms with E-state index in [0.29, 0.717) is 35.3 Å². The number of ether oxygens (including phenoxy) is 1. The number of benzene rings is 2. The Morgan fingerprint density at radius 3 is 2.13 bits per heavy atom. The van der Waals surface area contributed by atoms with Gasteiger partial charge in [0.25, 0.3) is 0 Å². The van der Waals surface area contributed by atoms with Gasteiger partial charge in [-0.05, 0) is 66.9 Å². The summed E-state index contributed by atoms with van der Waals surface area (Å²) < 4.78 is 86.3. The predicted octanol–water partition coefficient (Wildman–Crippen LogP) is 6.64. The lowest BCUT2D eigenvalue weighted by Gasteiger charge is -2.18. The van der Waals surface area contributed by atoms with Crippen LogP contribution in [0.1, 0.15) is 29.7 Å². The molecule has 3 rings (SSSR count). The van der Waals surface area contributed by atoms with Crippen LogP contribution in [-0.4, -0.2) is 12.1 Å². The van der Waals surface area contributed by atoms with E-state index in [-0.39, 0.29) is 11.0 Å². The Balaban J connectivity index is 1.89. The Kier molecular flexibility index (Phi) is 6.19. The first-order valence-corrected chi connectivity index (χ1v) is 9.45. The smallest absolute Gasteiger partial charge is 0.416 e. The van der Waals surface area contributed by atoms with E-state index in [9.17, 15) is 26.3 Å². The third-order valence-corrected chi connectivity index (χ3v) is 5.31. The van der Waals surface area contributed by atoms with Crippen LogP contribution in [0.4, 0.5) is 26.3 Å². The first-order valence-electron chi connectivity index (χ1n) is 8.63. The lowest BCUT2D eigenvalue weighted by Crippen LogP contribution is -2.13. The molecule has 1 heterocycles. The molecule has 1 atom stereocenters. The van der Waals surface area contributed by atoms with Crippen molar-refractivity contribution >= 4 is 22.9 Å². The molecule has 10 heteroatoms. The molecule has 0 aliphatic rings. The maximum atomic E-state index is 13.0. The number of nitrogens with one attached hydrogen (secondary N) is 1. The molecule has 2 aromatic carbocycles. The highest BCUT2D eigenvalue weighted by Gasteiger charge is 2.37. The molecule has 0 bridgehead atoms. The summed E-state index contributed by atoms with van der Waals surface area (Å²) in [5.41, 5.74) is -1.25. The molecule has 30 heavy (non-hydrogen) atoms. The number of pyridine rings is 1. The Morgan fingerprint density at radius 1 is 0.933 bits per heavy atom. The van der Waals surface area contributed by atoms with Crippen LogP contribution in [-0.2, 0) is 12.4 Å². The van der Waals surface area contributed by atoms with Crippen molar-refractivity contribution in [2.45, 2.75) is 30.2 Å². The summed E-state index contributed by atoms with van der Waals surface area (Å²) in [7, 11) is 1.51. The number of hydrogen-bond acceptors (Lipinski definition) is 4. The number of rotatable bonds is 5. The van der Waals surface area contributed by atoms with Crippen molar-refractivity contribution in [2.24, 2.45) is 0 Å². The standard InChI is InChI=1S/C20H16F6N2OS/c1-11(16-5-6-27-18-4-3-14(29-2)10-17(16)18)28-30-15-8-12(19(21,22)23)7-13(9-15)20(24,25)26/h3-11,28H,1-2H3/t11-/m0/s1. The van der Waals surface area contributed by atoms with Crippen molar-refractivity contribution < 1.29 is 31.1 Å². The van der Waals surface area contributed by atoms with Gasteiger partial charge < -0.3 is 4.74 Å². The zero-order valence-corrected chi connectivity index (χ0v) is 16.5. The quantitative estimate of drug-likeness (QED) is 0.352. The van der Waals surface area contributed by atoms with E-state index in [1.54, 1.807) is 37.4 Å². The van der Waals surface area contributed by atoms with Gasteiger partial charge in [-0.3, -0.25) is 9.71 Å². The van der Waals surface area contributed by atoms with Crippen LogP contribution < -0.4 is 9.46 Å². The number of halogens is 6. The summed E-state index contributed by atoms with van der Waals surface area (Å²) in [4.78, 5) is 4.06. The van der Waals surface area contributed by atoms with E-state index in [1.807, 2.05) is 0 Å². The molecule has 0 radical (unpaired) electrons. The normalized spacial score (nSPS) is 13.5. The number of methoxy groups -OCH3 is 1. The Morgan fingerprint density at radius 2 is 1.57 bits per heavy atom. The predicted molar refractivity (Wildman–Crippen MR) is 102 cm³/mol. The lowest BCUT2D eigenvalue weighted by atomic mass is 10.0. The van der Waals surface area contributed by atoms with E-state index in [2.05, 4.69) is 9.71 Å². The number of aromatic nitrogens is 1. The minimum Gasteiger partial charge on any atom is -0.497 e. The molecule has 0 amide bonds. The van der Waals surface area contributed by atoms with Crippen molar-refractivity contribution in [3.8, 4) is 5.75 Å². The number of fused-ring (bicyclic) bond motifs is 1. The fourth-order valence-corrected chi connectivity index (χ4v) is 3.67. The van der Waals surface area contributed by atoms with Crippen molar-refractivity contribution in [3.63, 3.8) is 0 Å². The fraction of sp³-hybridized carbons (Fsp3) is 0.250. The lowest BCUT2D eigenvalue weighted by molar-refractivity contribution is -0.143. The van der Waals surface area contributed by atoms with Crippen LogP contribution in [0, 0.1) is 0 Å². The second-order valence-electron chi connectivity index (χ2n) is 6.47. The highest BCUT2D eigenvalue weighted by atomic mass is 32.2. The van der Waals surface area contributed by atoms with Gasteiger partial charge in [-0.25, -0.2) is 0 Å². The molecule has 0 spiro atoms. The van der Waals surface area contributed by atoms with Gasteiger partial charge >= 0.3 is 12.4 Å². The molecule has 0 saturated heterocycles. The first kappa shape index (κ1) is 22.2. The Bertz CT molecular complexity index is 1020. The summed E-state index contributed by atoms with van der Waals surface area (Å²) in [5, 5.41) is 0.762. The molecule has 1 aromatic heterocycles. The highest BCUT2D eigenvalue weighted by molar-refractivity contribution is 7.97. The zero-order valence-electron chi connectivity index (χ0n) is 15.7. The van der Waals surface area contributed by atoms with Crippen LogP contribution in [0.15, 0.2) is 53.6 Å². The molecule has 0 aliphatic carbocycles. The Hall–Kier alpha value is -2.46. The first-order chi connectivity index (χ1) is 14.0. The third-order valence-electron chi connectivity index (χ3n) is 4.36. The summed E-state index contributed by atoms with van der Waals surface area (Å²) in [6.07, 6.45) is -8.20. The molecule has 1 N–H and O–H groups in total. The molecule has 160 valence electrons. The summed E-state index contributed by atoms with van der Waals surface area (Å²) >= 11 is 0.701. The van der Waals surface area contributed by atoms with Gasteiger partial charge in [-0.1, -0.05) is 0 Å². The van der Waals surface area contributed by atoms with Crippen LogP contribution in [0.2, 0.25) is 0 Å². The molecule has 0 fully saturated rings. The van der Waals surface area contributed by atoms with Crippen LogP contribution >= 0.6 is 11.9 Å². The molecular formula is C20H16F6N2OS. The summed E-state index contributed by atoms with van der Waals surface area (Å²) in [5.74, 6) is 0.601. The monoisotopic (exact) mass is 446 g/mol. The van der Waals surface area contributed by atoms with Crippen molar-refractivity contribution in [2.75, 3.05) is 7.11 Å². The average molecular weight is 446 g/mol. The van der Waals surface area contributed by atoms with E-state index in [1.165, 1.54) is 7.11 Å². The van der Waals surface area contributed by atoms with Crippen LogP contribution in [0.5, 0.6) is 5.75 Å². The van der Waals surface area contributed by atoms with Gasteiger partial charge in [-0.2, -0.15) is 26.3 Å². The van der Waals surface area contributed by atoms with E-state index >= 15 is 0 Å². The zero-order chi connectivity index (χ0) is 22.1. The van der Waals surface area contributed by atoms with Gasteiger partial charge in [0.1, 0.15) is 5.75 Å². The van der Waals surface area contributed by atoms with Crippen molar-refractivity contribution in [1.29, 1.82) is 0 Å². The molecule has 0 saturated carbocycles. The van der Waals surface area contributed by atoms with Crippen LogP contribution in [0.3, 0.4) is 0 Å². The highest BCUT2D eigenvalue weighted by Crippen LogP contribution is 2.38. The maximum absolute atomic E-state index is 13.0. The van der Waals surface area contributed by atoms with Gasteiger partial charge in [0.2, 0.25) is 0 Å². The molecule has 0 aliphatic heterocycles. The third kappa shape index (κ3) is 4.99. The number of alkyl halides is 6. The number of hydrogen-bond donors (Lipinski definition) is 1. The van der Waals surface area contributed by atoms with Gasteiger partial charge in [0, 0.05) is 22.5 Å². The van der Waals surface area contributed by atoms with Crippen molar-refractivity contribution in [3.05, 3.63) is 65.4 Å². The maximum Gasteiger partial charge on any atom is 0.416 e. The van der Waals surface area contributed by atoms with E-state index in [4.69, 9.17) is 4.74 Å². The molecule has 3 aromatic rings. The molecule has 0 unspecified atom stereocenters. The molecule has 3 nitrogen and oxygen atoms in total. The van der Waals surface area contributed by atoms with E-state index in [0.717, 1.165) is 10.9 Å². The summed E-state index contributed by atoms with van der Waals surface area (Å²) in [6, 6.07) is 8.08. The number of nitrogens with zero attached hydrogens (tertiary/aromatic N) is 1. The minimum absolute atomic E-state index is 0.107. The van der Waals surface area contributed by atoms with Crippen LogP contribution in [0.25, 0.3) is 10.9 Å². The Labute approximate surface area is 172 Å². The topological polar surface area (TPSA) is 34.1 Å². The second-order valence-corrected chi connectivity index (χ2v) is 7.38. The SMILES string of the molecule is COc1ccc2nccc([C@H](C)NSc3cc(C(F)(F)F)cc(C(F)(F)F)c3)c2c1. The van der Waals surface area contributed by atoms with Crippen molar-refractivity contribution in [1.82, 2.24) is 9.71 Å². The average Bonchev–Trinajstić information content (AvgIpc) is 2.69. The molecular weight excluding hydrogens is 430 g/mol. The second kappa shape index (κ2) is 8.35. The van der Waals surface area contributed by atoms with Gasteiger partial charge in [0.05, 0.1) is 23.8 Å². The van der Waals surface area contributed by atoms with Gasteiger partial charge in [-0.15, -0.1) is 0 Å². The largest absolute Gasteiger partial charge is 0.497 e. The minimum atomic E-state index is -4.89. The summed E-state index contributed by atoms with van der Waals surface area (Å²) in [6.45, 7) is 1.75. The van der Waals surface area contributed by atoms with E-state index < -0.39 is 29.5 Å².